The van der Waals surface area contributed by atoms with Crippen molar-refractivity contribution in [2.24, 2.45) is 5.41 Å². The fourth-order valence-corrected chi connectivity index (χ4v) is 2.03. The Bertz CT molecular complexity index is 413. The summed E-state index contributed by atoms with van der Waals surface area (Å²) in [4.78, 5) is 11.5. The summed E-state index contributed by atoms with van der Waals surface area (Å²) < 4.78 is 10.4. The van der Waals surface area contributed by atoms with Crippen molar-refractivity contribution in [2.75, 3.05) is 19.5 Å². The van der Waals surface area contributed by atoms with Gasteiger partial charge in [0.2, 0.25) is 0 Å². The molecule has 0 aliphatic heterocycles. The molecule has 1 fully saturated rings. The molecule has 4 heteroatoms. The standard InChI is InChI=1S/C13H16O3S/c1-15-12(14)10-4-2-3-5-11(10)16-8-13(9-17)6-7-13/h2-5,17H,6-9H2,1H3. The fraction of sp³-hybridized carbons (Fsp3) is 0.462. The molecule has 1 aromatic rings. The van der Waals surface area contributed by atoms with Crippen molar-refractivity contribution in [3.63, 3.8) is 0 Å². The van der Waals surface area contributed by atoms with E-state index in [9.17, 15) is 4.79 Å². The van der Waals surface area contributed by atoms with Gasteiger partial charge in [-0.15, -0.1) is 0 Å². The lowest BCUT2D eigenvalue weighted by Crippen LogP contribution is -2.16. The highest BCUT2D eigenvalue weighted by atomic mass is 32.1. The number of rotatable bonds is 5. The monoisotopic (exact) mass is 252 g/mol. The molecule has 0 unspecified atom stereocenters. The van der Waals surface area contributed by atoms with Gasteiger partial charge >= 0.3 is 5.97 Å². The maximum Gasteiger partial charge on any atom is 0.341 e. The van der Waals surface area contributed by atoms with Gasteiger partial charge in [-0.2, -0.15) is 12.6 Å². The number of esters is 1. The van der Waals surface area contributed by atoms with E-state index in [1.165, 1.54) is 7.11 Å². The van der Waals surface area contributed by atoms with Gasteiger partial charge in [0.25, 0.3) is 0 Å². The minimum Gasteiger partial charge on any atom is -0.492 e. The summed E-state index contributed by atoms with van der Waals surface area (Å²) in [5.74, 6) is 1.05. The van der Waals surface area contributed by atoms with Gasteiger partial charge in [0.1, 0.15) is 11.3 Å². The van der Waals surface area contributed by atoms with Gasteiger partial charge < -0.3 is 9.47 Å². The number of para-hydroxylation sites is 1. The van der Waals surface area contributed by atoms with Crippen LogP contribution in [0.1, 0.15) is 23.2 Å². The second-order valence-electron chi connectivity index (χ2n) is 4.43. The molecule has 1 aliphatic carbocycles. The largest absolute Gasteiger partial charge is 0.492 e. The molecule has 0 spiro atoms. The molecular formula is C13H16O3S. The van der Waals surface area contributed by atoms with Gasteiger partial charge in [-0.25, -0.2) is 4.79 Å². The topological polar surface area (TPSA) is 35.5 Å². The van der Waals surface area contributed by atoms with Crippen molar-refractivity contribution in [1.82, 2.24) is 0 Å². The van der Waals surface area contributed by atoms with Crippen molar-refractivity contribution in [3.8, 4) is 5.75 Å². The first-order chi connectivity index (χ1) is 8.21. The smallest absolute Gasteiger partial charge is 0.341 e. The zero-order valence-electron chi connectivity index (χ0n) is 9.81. The van der Waals surface area contributed by atoms with Crippen LogP contribution in [-0.2, 0) is 4.74 Å². The highest BCUT2D eigenvalue weighted by Gasteiger charge is 2.42. The SMILES string of the molecule is COC(=O)c1ccccc1OCC1(CS)CC1. The average molecular weight is 252 g/mol. The molecule has 1 saturated carbocycles. The Morgan fingerprint density at radius 1 is 1.41 bits per heavy atom. The van der Waals surface area contributed by atoms with E-state index in [4.69, 9.17) is 9.47 Å². The van der Waals surface area contributed by atoms with Gasteiger partial charge in [0.15, 0.2) is 0 Å². The highest BCUT2D eigenvalue weighted by molar-refractivity contribution is 7.80. The third-order valence-electron chi connectivity index (χ3n) is 3.12. The van der Waals surface area contributed by atoms with E-state index in [0.29, 0.717) is 17.9 Å². The number of thiol groups is 1. The molecular weight excluding hydrogens is 236 g/mol. The summed E-state index contributed by atoms with van der Waals surface area (Å²) in [6.45, 7) is 0.616. The number of methoxy groups -OCH3 is 1. The van der Waals surface area contributed by atoms with Gasteiger partial charge in [-0.3, -0.25) is 0 Å². The molecule has 0 bridgehead atoms. The van der Waals surface area contributed by atoms with Crippen LogP contribution >= 0.6 is 12.6 Å². The molecule has 0 N–H and O–H groups in total. The van der Waals surface area contributed by atoms with Crippen LogP contribution in [0.5, 0.6) is 5.75 Å². The van der Waals surface area contributed by atoms with Crippen LogP contribution in [0.15, 0.2) is 24.3 Å². The zero-order valence-corrected chi connectivity index (χ0v) is 10.7. The predicted molar refractivity (Wildman–Crippen MR) is 68.8 cm³/mol. The molecule has 0 atom stereocenters. The van der Waals surface area contributed by atoms with Crippen LogP contribution in [0.2, 0.25) is 0 Å². The van der Waals surface area contributed by atoms with Crippen molar-refractivity contribution in [3.05, 3.63) is 29.8 Å². The lowest BCUT2D eigenvalue weighted by Gasteiger charge is -2.15. The molecule has 17 heavy (non-hydrogen) atoms. The van der Waals surface area contributed by atoms with Crippen molar-refractivity contribution in [1.29, 1.82) is 0 Å². The number of ether oxygens (including phenoxy) is 2. The molecule has 1 aliphatic rings. The van der Waals surface area contributed by atoms with E-state index in [1.807, 2.05) is 6.07 Å². The first-order valence-corrected chi connectivity index (χ1v) is 6.25. The Hall–Kier alpha value is -1.16. The zero-order chi connectivity index (χ0) is 12.3. The van der Waals surface area contributed by atoms with E-state index < -0.39 is 0 Å². The molecule has 0 aromatic heterocycles. The summed E-state index contributed by atoms with van der Waals surface area (Å²) in [6, 6.07) is 7.15. The molecule has 92 valence electrons. The normalized spacial score (nSPS) is 16.4. The lowest BCUT2D eigenvalue weighted by atomic mass is 10.1. The molecule has 2 rings (SSSR count). The molecule has 3 nitrogen and oxygen atoms in total. The van der Waals surface area contributed by atoms with Gasteiger partial charge in [0.05, 0.1) is 13.7 Å². The quantitative estimate of drug-likeness (QED) is 0.646. The minimum atomic E-state index is -0.365. The van der Waals surface area contributed by atoms with Crippen LogP contribution in [-0.4, -0.2) is 25.4 Å². The maximum atomic E-state index is 11.5. The van der Waals surface area contributed by atoms with Crippen molar-refractivity contribution in [2.45, 2.75) is 12.8 Å². The first-order valence-electron chi connectivity index (χ1n) is 5.62. The molecule has 1 aromatic carbocycles. The summed E-state index contributed by atoms with van der Waals surface area (Å²) >= 11 is 4.32. The number of carbonyl (C=O) groups is 1. The predicted octanol–water partition coefficient (Wildman–Crippen LogP) is 2.56. The van der Waals surface area contributed by atoms with E-state index in [0.717, 1.165) is 18.6 Å². The third kappa shape index (κ3) is 2.75. The molecule has 0 radical (unpaired) electrons. The van der Waals surface area contributed by atoms with Crippen LogP contribution < -0.4 is 4.74 Å². The Balaban J connectivity index is 2.07. The second-order valence-corrected chi connectivity index (χ2v) is 4.75. The number of benzene rings is 1. The Morgan fingerprint density at radius 3 is 2.71 bits per heavy atom. The third-order valence-corrected chi connectivity index (χ3v) is 3.79. The molecule has 0 saturated heterocycles. The maximum absolute atomic E-state index is 11.5. The van der Waals surface area contributed by atoms with E-state index in [-0.39, 0.29) is 11.4 Å². The summed E-state index contributed by atoms with van der Waals surface area (Å²) in [6.07, 6.45) is 2.30. The molecule has 0 amide bonds. The molecule has 0 heterocycles. The minimum absolute atomic E-state index is 0.215. The number of hydrogen-bond donors (Lipinski definition) is 1. The number of hydrogen-bond acceptors (Lipinski definition) is 4. The summed E-state index contributed by atoms with van der Waals surface area (Å²) in [7, 11) is 1.37. The van der Waals surface area contributed by atoms with E-state index in [1.54, 1.807) is 18.2 Å². The first kappa shape index (κ1) is 12.3. The Kier molecular flexibility index (Phi) is 3.62. The van der Waals surface area contributed by atoms with E-state index in [2.05, 4.69) is 12.6 Å². The van der Waals surface area contributed by atoms with Crippen LogP contribution in [0.25, 0.3) is 0 Å². The van der Waals surface area contributed by atoms with E-state index >= 15 is 0 Å². The van der Waals surface area contributed by atoms with Crippen LogP contribution in [0, 0.1) is 5.41 Å². The number of carbonyl (C=O) groups excluding carboxylic acids is 1. The van der Waals surface area contributed by atoms with Crippen LogP contribution in [0.3, 0.4) is 0 Å². The van der Waals surface area contributed by atoms with Crippen molar-refractivity contribution < 1.29 is 14.3 Å². The summed E-state index contributed by atoms with van der Waals surface area (Å²) in [5, 5.41) is 0. The Morgan fingerprint density at radius 2 is 2.12 bits per heavy atom. The lowest BCUT2D eigenvalue weighted by molar-refractivity contribution is 0.0595. The highest BCUT2D eigenvalue weighted by Crippen LogP contribution is 2.46. The van der Waals surface area contributed by atoms with Crippen LogP contribution in [0.4, 0.5) is 0 Å². The van der Waals surface area contributed by atoms with Gasteiger partial charge in [-0.1, -0.05) is 12.1 Å². The van der Waals surface area contributed by atoms with Gasteiger partial charge in [0, 0.05) is 5.41 Å². The van der Waals surface area contributed by atoms with Gasteiger partial charge in [-0.05, 0) is 30.7 Å². The average Bonchev–Trinajstić information content (AvgIpc) is 3.16. The fourth-order valence-electron chi connectivity index (χ4n) is 1.63. The Labute approximate surface area is 107 Å². The van der Waals surface area contributed by atoms with Crippen molar-refractivity contribution >= 4 is 18.6 Å². The second kappa shape index (κ2) is 5.00. The summed E-state index contributed by atoms with van der Waals surface area (Å²) in [5.41, 5.74) is 0.691.